The fraction of sp³-hybridized carbons (Fsp3) is 0.364. The summed E-state index contributed by atoms with van der Waals surface area (Å²) in [6, 6.07) is 0. The third-order valence-corrected chi connectivity index (χ3v) is 3.72. The maximum Gasteiger partial charge on any atom is 0.346 e. The van der Waals surface area contributed by atoms with Crippen molar-refractivity contribution in [2.75, 3.05) is 32.2 Å². The second-order valence-electron chi connectivity index (χ2n) is 4.08. The number of hydrogen-bond donors (Lipinski definition) is 1. The van der Waals surface area contributed by atoms with Gasteiger partial charge in [0.2, 0.25) is 0 Å². The molecule has 0 spiro atoms. The van der Waals surface area contributed by atoms with Gasteiger partial charge in [0.15, 0.2) is 22.7 Å². The molecular weight excluding hydrogens is 336 g/mol. The monoisotopic (exact) mass is 346 g/mol. The first-order valence-electron chi connectivity index (χ1n) is 5.55. The molecule has 0 bridgehead atoms. The molecule has 8 nitrogen and oxygen atoms in total. The fourth-order valence-electron chi connectivity index (χ4n) is 2.01. The second-order valence-corrected chi connectivity index (χ2v) is 4.88. The van der Waals surface area contributed by atoms with E-state index in [4.69, 9.17) is 4.74 Å². The summed E-state index contributed by atoms with van der Waals surface area (Å²) in [5, 5.41) is 21.4. The Morgan fingerprint density at radius 3 is 2.80 bits per heavy atom. The van der Waals surface area contributed by atoms with Gasteiger partial charge in [0.1, 0.15) is 6.61 Å². The zero-order chi connectivity index (χ0) is 15.0. The smallest absolute Gasteiger partial charge is 0.346 e. The van der Waals surface area contributed by atoms with Crippen LogP contribution in [0.2, 0.25) is 0 Å². The fourth-order valence-corrected chi connectivity index (χ4v) is 2.54. The van der Waals surface area contributed by atoms with Crippen LogP contribution in [0.5, 0.6) is 11.5 Å². The lowest BCUT2D eigenvalue weighted by molar-refractivity contribution is -0.384. The van der Waals surface area contributed by atoms with E-state index in [1.165, 1.54) is 0 Å². The molecule has 0 saturated heterocycles. The standard InChI is InChI=1S/C11H11BrN2O6/c1-13-3-4-20-10-8(13)7(14(17)18)5(11(16)19-2)6(12)9(10)15/h15H,3-4H2,1-2H3. The lowest BCUT2D eigenvalue weighted by Crippen LogP contribution is -2.30. The lowest BCUT2D eigenvalue weighted by Gasteiger charge is -2.28. The Morgan fingerprint density at radius 2 is 2.25 bits per heavy atom. The SMILES string of the molecule is COC(=O)c1c(Br)c(O)c2c(c1[N+](=O)[O-])N(C)CCO2. The number of anilines is 1. The number of nitro benzene ring substituents is 1. The van der Waals surface area contributed by atoms with Crippen molar-refractivity contribution in [3.63, 3.8) is 0 Å². The summed E-state index contributed by atoms with van der Waals surface area (Å²) >= 11 is 2.99. The van der Waals surface area contributed by atoms with E-state index in [-0.39, 0.29) is 33.8 Å². The third kappa shape index (κ3) is 2.03. The van der Waals surface area contributed by atoms with Crippen LogP contribution < -0.4 is 9.64 Å². The Bertz CT molecular complexity index is 603. The minimum absolute atomic E-state index is 0.0232. The number of ether oxygens (including phenoxy) is 2. The lowest BCUT2D eigenvalue weighted by atomic mass is 10.1. The molecule has 0 unspecified atom stereocenters. The first-order chi connectivity index (χ1) is 9.40. The van der Waals surface area contributed by atoms with Gasteiger partial charge in [-0.25, -0.2) is 4.79 Å². The highest BCUT2D eigenvalue weighted by Gasteiger charge is 2.38. The van der Waals surface area contributed by atoms with E-state index >= 15 is 0 Å². The van der Waals surface area contributed by atoms with Crippen molar-refractivity contribution < 1.29 is 24.3 Å². The Morgan fingerprint density at radius 1 is 1.60 bits per heavy atom. The van der Waals surface area contributed by atoms with Gasteiger partial charge in [0.05, 0.1) is 23.1 Å². The van der Waals surface area contributed by atoms with Crippen molar-refractivity contribution in [2.24, 2.45) is 0 Å². The number of rotatable bonds is 2. The third-order valence-electron chi connectivity index (χ3n) is 2.95. The largest absolute Gasteiger partial charge is 0.503 e. The number of nitro groups is 1. The number of methoxy groups -OCH3 is 1. The molecule has 0 atom stereocenters. The van der Waals surface area contributed by atoms with Crippen molar-refractivity contribution in [3.8, 4) is 11.5 Å². The Kier molecular flexibility index (Phi) is 3.71. The molecule has 0 radical (unpaired) electrons. The van der Waals surface area contributed by atoms with E-state index in [0.717, 1.165) is 7.11 Å². The summed E-state index contributed by atoms with van der Waals surface area (Å²) in [5.74, 6) is -1.30. The predicted molar refractivity (Wildman–Crippen MR) is 72.6 cm³/mol. The number of phenols is 1. The van der Waals surface area contributed by atoms with Gasteiger partial charge in [-0.3, -0.25) is 10.1 Å². The highest BCUT2D eigenvalue weighted by atomic mass is 79.9. The zero-order valence-corrected chi connectivity index (χ0v) is 12.3. The van der Waals surface area contributed by atoms with Crippen LogP contribution in [0.3, 0.4) is 0 Å². The number of hydrogen-bond acceptors (Lipinski definition) is 7. The van der Waals surface area contributed by atoms with Gasteiger partial charge in [-0.1, -0.05) is 0 Å². The maximum absolute atomic E-state index is 11.8. The molecule has 0 saturated carbocycles. The number of nitrogens with zero attached hydrogens (tertiary/aromatic N) is 2. The molecule has 0 aliphatic carbocycles. The number of phenolic OH excluding ortho intramolecular Hbond substituents is 1. The molecule has 1 aromatic carbocycles. The Balaban J connectivity index is 2.88. The normalized spacial score (nSPS) is 13.4. The maximum atomic E-state index is 11.8. The molecule has 1 aliphatic heterocycles. The summed E-state index contributed by atoms with van der Waals surface area (Å²) in [4.78, 5) is 24.0. The number of likely N-dealkylation sites (N-methyl/N-ethyl adjacent to an activating group) is 1. The van der Waals surface area contributed by atoms with E-state index < -0.39 is 16.6 Å². The van der Waals surface area contributed by atoms with Gasteiger partial charge in [-0.05, 0) is 15.9 Å². The molecule has 2 rings (SSSR count). The number of halogens is 1. The van der Waals surface area contributed by atoms with Gasteiger partial charge in [0, 0.05) is 7.05 Å². The minimum Gasteiger partial charge on any atom is -0.503 e. The van der Waals surface area contributed by atoms with Crippen molar-refractivity contribution >= 4 is 33.3 Å². The molecule has 1 N–H and O–H groups in total. The summed E-state index contributed by atoms with van der Waals surface area (Å²) in [5.41, 5.74) is -0.743. The molecule has 0 amide bonds. The topological polar surface area (TPSA) is 102 Å². The highest BCUT2D eigenvalue weighted by molar-refractivity contribution is 9.10. The van der Waals surface area contributed by atoms with Crippen LogP contribution in [0.1, 0.15) is 10.4 Å². The summed E-state index contributed by atoms with van der Waals surface area (Å²) in [6.45, 7) is 0.674. The van der Waals surface area contributed by atoms with Gasteiger partial charge in [-0.2, -0.15) is 0 Å². The van der Waals surface area contributed by atoms with Gasteiger partial charge < -0.3 is 19.5 Å². The summed E-state index contributed by atoms with van der Waals surface area (Å²) < 4.78 is 9.71. The molecule has 1 aromatic rings. The van der Waals surface area contributed by atoms with Crippen LogP contribution in [0.15, 0.2) is 4.47 Å². The first-order valence-corrected chi connectivity index (χ1v) is 6.34. The first kappa shape index (κ1) is 14.4. The molecule has 108 valence electrons. The van der Waals surface area contributed by atoms with Crippen molar-refractivity contribution in [1.82, 2.24) is 0 Å². The van der Waals surface area contributed by atoms with Gasteiger partial charge in [0.25, 0.3) is 0 Å². The number of aromatic hydroxyl groups is 1. The van der Waals surface area contributed by atoms with Crippen LogP contribution >= 0.6 is 15.9 Å². The summed E-state index contributed by atoms with van der Waals surface area (Å²) in [7, 11) is 2.72. The van der Waals surface area contributed by atoms with Crippen LogP contribution in [0, 0.1) is 10.1 Å². The molecule has 0 fully saturated rings. The van der Waals surface area contributed by atoms with E-state index in [0.29, 0.717) is 6.54 Å². The van der Waals surface area contributed by atoms with Crippen molar-refractivity contribution in [1.29, 1.82) is 0 Å². The van der Waals surface area contributed by atoms with Crippen molar-refractivity contribution in [2.45, 2.75) is 0 Å². The van der Waals surface area contributed by atoms with Crippen molar-refractivity contribution in [3.05, 3.63) is 20.2 Å². The van der Waals surface area contributed by atoms with E-state index in [9.17, 15) is 20.0 Å². The molecule has 1 aliphatic rings. The number of esters is 1. The van der Waals surface area contributed by atoms with E-state index in [2.05, 4.69) is 20.7 Å². The quantitative estimate of drug-likeness (QED) is 0.493. The number of fused-ring (bicyclic) bond motifs is 1. The van der Waals surface area contributed by atoms with E-state index in [1.807, 2.05) is 0 Å². The molecule has 20 heavy (non-hydrogen) atoms. The predicted octanol–water partition coefficient (Wildman–Crippen LogP) is 1.68. The minimum atomic E-state index is -0.916. The average Bonchev–Trinajstić information content (AvgIpc) is 2.41. The van der Waals surface area contributed by atoms with Crippen LogP contribution in [-0.4, -0.2) is 43.3 Å². The van der Waals surface area contributed by atoms with Gasteiger partial charge in [-0.15, -0.1) is 0 Å². The Labute approximate surface area is 122 Å². The number of carbonyl (C=O) groups is 1. The molecule has 1 heterocycles. The molecule has 9 heteroatoms. The number of carbonyl (C=O) groups excluding carboxylic acids is 1. The van der Waals surface area contributed by atoms with Crippen LogP contribution in [-0.2, 0) is 4.74 Å². The van der Waals surface area contributed by atoms with E-state index in [1.54, 1.807) is 11.9 Å². The number of benzene rings is 1. The molecular formula is C11H11BrN2O6. The van der Waals surface area contributed by atoms with Crippen LogP contribution in [0.4, 0.5) is 11.4 Å². The van der Waals surface area contributed by atoms with Crippen LogP contribution in [0.25, 0.3) is 0 Å². The average molecular weight is 347 g/mol. The second kappa shape index (κ2) is 5.16. The summed E-state index contributed by atoms with van der Waals surface area (Å²) in [6.07, 6.45) is 0. The van der Waals surface area contributed by atoms with Gasteiger partial charge >= 0.3 is 11.7 Å². The highest BCUT2D eigenvalue weighted by Crippen LogP contribution is 2.52. The molecule has 0 aromatic heterocycles. The Hall–Kier alpha value is -2.03. The zero-order valence-electron chi connectivity index (χ0n) is 10.7.